The van der Waals surface area contributed by atoms with E-state index in [-0.39, 0.29) is 5.91 Å². The Hall–Kier alpha value is -3.84. The van der Waals surface area contributed by atoms with Crippen LogP contribution in [0.5, 0.6) is 0 Å². The van der Waals surface area contributed by atoms with Gasteiger partial charge in [-0.05, 0) is 46.4 Å². The molecule has 7 heteroatoms. The molecule has 0 saturated carbocycles. The van der Waals surface area contributed by atoms with Gasteiger partial charge in [-0.2, -0.15) is 0 Å². The number of hydrogen-bond donors (Lipinski definition) is 1. The highest BCUT2D eigenvalue weighted by Gasteiger charge is 2.21. The minimum absolute atomic E-state index is 0.114. The van der Waals surface area contributed by atoms with Crippen molar-refractivity contribution in [2.24, 2.45) is 0 Å². The summed E-state index contributed by atoms with van der Waals surface area (Å²) in [5, 5.41) is 11.8. The standard InChI is InChI=1S/C28H28N6O/c35-28(22-5-3-11-29-18-22)30-12-9-26-31-32-27-10-13-33(14-15-34(26)27)19-20-7-8-25-23(16-20)17-21-4-1-2-6-24(21)25/h1-8,11,16,18H,9-10,12-15,17,19H2,(H,30,35). The maximum Gasteiger partial charge on any atom is 0.252 e. The Balaban J connectivity index is 1.06. The van der Waals surface area contributed by atoms with Crippen molar-refractivity contribution < 1.29 is 4.79 Å². The second kappa shape index (κ2) is 9.43. The van der Waals surface area contributed by atoms with Crippen molar-refractivity contribution in [3.8, 4) is 11.1 Å². The van der Waals surface area contributed by atoms with Crippen LogP contribution in [-0.4, -0.2) is 50.2 Å². The van der Waals surface area contributed by atoms with Crippen LogP contribution in [-0.2, 0) is 32.4 Å². The van der Waals surface area contributed by atoms with E-state index in [4.69, 9.17) is 0 Å². The number of rotatable bonds is 6. The number of amides is 1. The number of pyridine rings is 1. The summed E-state index contributed by atoms with van der Waals surface area (Å²) in [5.41, 5.74) is 7.56. The molecule has 0 saturated heterocycles. The van der Waals surface area contributed by atoms with Crippen LogP contribution in [0.4, 0.5) is 0 Å². The fourth-order valence-corrected chi connectivity index (χ4v) is 5.21. The number of benzene rings is 2. The van der Waals surface area contributed by atoms with Gasteiger partial charge in [0.25, 0.3) is 5.91 Å². The molecule has 4 aromatic rings. The average molecular weight is 465 g/mol. The molecule has 2 aromatic carbocycles. The molecule has 3 heterocycles. The van der Waals surface area contributed by atoms with Crippen LogP contribution in [0.25, 0.3) is 11.1 Å². The van der Waals surface area contributed by atoms with Crippen LogP contribution in [0, 0.1) is 0 Å². The van der Waals surface area contributed by atoms with Gasteiger partial charge in [0.2, 0.25) is 0 Å². The summed E-state index contributed by atoms with van der Waals surface area (Å²) < 4.78 is 2.23. The zero-order valence-corrected chi connectivity index (χ0v) is 19.7. The molecule has 35 heavy (non-hydrogen) atoms. The van der Waals surface area contributed by atoms with Gasteiger partial charge in [0.1, 0.15) is 11.6 Å². The van der Waals surface area contributed by atoms with Crippen LogP contribution >= 0.6 is 0 Å². The van der Waals surface area contributed by atoms with Crippen LogP contribution < -0.4 is 5.32 Å². The predicted octanol–water partition coefficient (Wildman–Crippen LogP) is 3.28. The Morgan fingerprint density at radius 2 is 1.86 bits per heavy atom. The number of carbonyl (C=O) groups is 1. The largest absolute Gasteiger partial charge is 0.352 e. The quantitative estimate of drug-likeness (QED) is 0.417. The van der Waals surface area contributed by atoms with Gasteiger partial charge in [0.15, 0.2) is 0 Å². The van der Waals surface area contributed by atoms with E-state index in [0.29, 0.717) is 18.5 Å². The lowest BCUT2D eigenvalue weighted by molar-refractivity contribution is 0.0953. The Morgan fingerprint density at radius 3 is 2.77 bits per heavy atom. The highest BCUT2D eigenvalue weighted by atomic mass is 16.1. The lowest BCUT2D eigenvalue weighted by atomic mass is 10.0. The normalized spacial score (nSPS) is 14.6. The molecule has 1 aliphatic heterocycles. The Bertz CT molecular complexity index is 1360. The van der Waals surface area contributed by atoms with E-state index in [1.807, 2.05) is 0 Å². The van der Waals surface area contributed by atoms with E-state index in [1.54, 1.807) is 24.5 Å². The fraction of sp³-hybridized carbons (Fsp3) is 0.286. The van der Waals surface area contributed by atoms with Crippen LogP contribution in [0.2, 0.25) is 0 Å². The van der Waals surface area contributed by atoms with Gasteiger partial charge in [-0.15, -0.1) is 10.2 Å². The number of nitrogens with zero attached hydrogens (tertiary/aromatic N) is 5. The monoisotopic (exact) mass is 464 g/mol. The smallest absolute Gasteiger partial charge is 0.252 e. The zero-order valence-electron chi connectivity index (χ0n) is 19.7. The molecular formula is C28H28N6O. The first-order valence-electron chi connectivity index (χ1n) is 12.3. The average Bonchev–Trinajstić information content (AvgIpc) is 3.39. The molecule has 2 aromatic heterocycles. The van der Waals surface area contributed by atoms with Crippen molar-refractivity contribution in [2.75, 3.05) is 19.6 Å². The summed E-state index contributed by atoms with van der Waals surface area (Å²) in [6, 6.07) is 19.2. The fourth-order valence-electron chi connectivity index (χ4n) is 5.21. The molecule has 0 spiro atoms. The van der Waals surface area contributed by atoms with E-state index in [0.717, 1.165) is 50.7 Å². The number of nitrogens with one attached hydrogen (secondary N) is 1. The second-order valence-corrected chi connectivity index (χ2v) is 9.28. The molecule has 1 N–H and O–H groups in total. The number of aromatic nitrogens is 4. The molecular weight excluding hydrogens is 436 g/mol. The maximum atomic E-state index is 12.3. The highest BCUT2D eigenvalue weighted by Crippen LogP contribution is 2.36. The molecule has 0 atom stereocenters. The van der Waals surface area contributed by atoms with Crippen molar-refractivity contribution in [3.05, 3.63) is 101 Å². The topological polar surface area (TPSA) is 75.9 Å². The molecule has 0 unspecified atom stereocenters. The molecule has 0 radical (unpaired) electrons. The molecule has 2 aliphatic rings. The summed E-state index contributed by atoms with van der Waals surface area (Å²) in [5.74, 6) is 1.85. The first-order valence-corrected chi connectivity index (χ1v) is 12.3. The molecule has 0 fully saturated rings. The van der Waals surface area contributed by atoms with Crippen molar-refractivity contribution in [3.63, 3.8) is 0 Å². The molecule has 1 amide bonds. The van der Waals surface area contributed by atoms with E-state index in [1.165, 1.54) is 27.8 Å². The van der Waals surface area contributed by atoms with Crippen molar-refractivity contribution in [1.82, 2.24) is 30.0 Å². The molecule has 0 bridgehead atoms. The lowest BCUT2D eigenvalue weighted by Gasteiger charge is -2.20. The predicted molar refractivity (Wildman–Crippen MR) is 134 cm³/mol. The van der Waals surface area contributed by atoms with Gasteiger partial charge in [-0.25, -0.2) is 0 Å². The summed E-state index contributed by atoms with van der Waals surface area (Å²) >= 11 is 0. The first-order chi connectivity index (χ1) is 17.2. The molecule has 1 aliphatic carbocycles. The van der Waals surface area contributed by atoms with Gasteiger partial charge < -0.3 is 9.88 Å². The van der Waals surface area contributed by atoms with Gasteiger partial charge in [-0.3, -0.25) is 14.7 Å². The first kappa shape index (κ1) is 21.7. The number of hydrogen-bond acceptors (Lipinski definition) is 5. The summed E-state index contributed by atoms with van der Waals surface area (Å²) in [6.07, 6.45) is 5.80. The van der Waals surface area contributed by atoms with Crippen LogP contribution in [0.15, 0.2) is 67.0 Å². The highest BCUT2D eigenvalue weighted by molar-refractivity contribution is 5.93. The lowest BCUT2D eigenvalue weighted by Crippen LogP contribution is -2.28. The van der Waals surface area contributed by atoms with Crippen LogP contribution in [0.3, 0.4) is 0 Å². The number of fused-ring (bicyclic) bond motifs is 4. The third kappa shape index (κ3) is 4.47. The van der Waals surface area contributed by atoms with Crippen LogP contribution in [0.1, 0.15) is 38.7 Å². The summed E-state index contributed by atoms with van der Waals surface area (Å²) in [7, 11) is 0. The summed E-state index contributed by atoms with van der Waals surface area (Å²) in [6.45, 7) is 4.25. The summed E-state index contributed by atoms with van der Waals surface area (Å²) in [4.78, 5) is 18.8. The maximum absolute atomic E-state index is 12.3. The van der Waals surface area contributed by atoms with Gasteiger partial charge >= 0.3 is 0 Å². The third-order valence-corrected chi connectivity index (χ3v) is 7.02. The zero-order chi connectivity index (χ0) is 23.6. The van der Waals surface area contributed by atoms with Gasteiger partial charge in [0.05, 0.1) is 5.56 Å². The number of carbonyl (C=O) groups excluding carboxylic acids is 1. The van der Waals surface area contributed by atoms with E-state index < -0.39 is 0 Å². The Labute approximate surface area is 204 Å². The molecule has 7 nitrogen and oxygen atoms in total. The van der Waals surface area contributed by atoms with Crippen molar-refractivity contribution >= 4 is 5.91 Å². The van der Waals surface area contributed by atoms with E-state index in [2.05, 4.69) is 72.4 Å². The minimum Gasteiger partial charge on any atom is -0.352 e. The van der Waals surface area contributed by atoms with Crippen molar-refractivity contribution in [2.45, 2.75) is 32.4 Å². The molecule has 6 rings (SSSR count). The SMILES string of the molecule is O=C(NCCc1nnc2n1CCN(Cc1ccc3c(c1)Cc1ccccc1-3)CC2)c1cccnc1. The van der Waals surface area contributed by atoms with Gasteiger partial charge in [0, 0.05) is 58.0 Å². The third-order valence-electron chi connectivity index (χ3n) is 7.02. The second-order valence-electron chi connectivity index (χ2n) is 9.28. The van der Waals surface area contributed by atoms with Gasteiger partial charge in [-0.1, -0.05) is 42.5 Å². The molecule has 176 valence electrons. The van der Waals surface area contributed by atoms with Crippen molar-refractivity contribution in [1.29, 1.82) is 0 Å². The Kier molecular flexibility index (Phi) is 5.84. The van der Waals surface area contributed by atoms with E-state index in [9.17, 15) is 4.79 Å². The minimum atomic E-state index is -0.114. The Morgan fingerprint density at radius 1 is 0.943 bits per heavy atom. The van der Waals surface area contributed by atoms with E-state index >= 15 is 0 Å².